The number of hydrogen-bond donors (Lipinski definition) is 1. The minimum Gasteiger partial charge on any atom is -0.392 e. The highest BCUT2D eigenvalue weighted by Crippen LogP contribution is 2.13. The number of unbranched alkanes of at least 4 members (excludes halogenated alkanes) is 12. The Morgan fingerprint density at radius 2 is 1.19 bits per heavy atom. The third kappa shape index (κ3) is 14.3. The zero-order valence-electron chi connectivity index (χ0n) is 17.6. The first kappa shape index (κ1) is 25.1. The minimum absolute atomic E-state index is 0.0339. The van der Waals surface area contributed by atoms with Crippen LogP contribution in [0.2, 0.25) is 0 Å². The van der Waals surface area contributed by atoms with Gasteiger partial charge in [0, 0.05) is 6.42 Å². The largest absolute Gasteiger partial charge is 0.392 e. The molecule has 0 saturated carbocycles. The maximum Gasteiger partial charge on any atom is 0.330 e. The molecule has 0 amide bonds. The summed E-state index contributed by atoms with van der Waals surface area (Å²) in [4.78, 5) is 23.4. The monoisotopic (exact) mass is 369 g/mol. The predicted octanol–water partition coefficient (Wildman–Crippen LogP) is 5.91. The molecule has 26 heavy (non-hydrogen) atoms. The van der Waals surface area contributed by atoms with E-state index in [4.69, 9.17) is 10.5 Å². The molecule has 0 aliphatic carbocycles. The van der Waals surface area contributed by atoms with Crippen molar-refractivity contribution in [2.24, 2.45) is 11.7 Å². The first-order valence-corrected chi connectivity index (χ1v) is 11.0. The zero-order valence-corrected chi connectivity index (χ0v) is 17.6. The second-order valence-electron chi connectivity index (χ2n) is 7.70. The molecule has 0 heterocycles. The van der Waals surface area contributed by atoms with Gasteiger partial charge in [0.2, 0.25) is 0 Å². The van der Waals surface area contributed by atoms with E-state index >= 15 is 0 Å². The molecule has 0 aromatic rings. The van der Waals surface area contributed by atoms with E-state index in [2.05, 4.69) is 6.92 Å². The summed E-state index contributed by atoms with van der Waals surface area (Å²) in [6.45, 7) is 6.11. The standard InChI is InChI=1S/C22H43NO3/c1-4-6-7-8-9-10-11-12-13-14-15-16-17-18-20(24)26-22(25)21(23)19(3)5-2/h19,21H,4-18,23H2,1-3H3/t19-,21-/m1/s1. The van der Waals surface area contributed by atoms with E-state index in [9.17, 15) is 9.59 Å². The lowest BCUT2D eigenvalue weighted by atomic mass is 10.0. The van der Waals surface area contributed by atoms with Crippen molar-refractivity contribution in [3.8, 4) is 0 Å². The molecule has 0 rings (SSSR count). The molecule has 0 bridgehead atoms. The summed E-state index contributed by atoms with van der Waals surface area (Å²) in [5.41, 5.74) is 5.77. The van der Waals surface area contributed by atoms with Crippen molar-refractivity contribution in [1.29, 1.82) is 0 Å². The van der Waals surface area contributed by atoms with E-state index in [0.29, 0.717) is 6.42 Å². The molecule has 0 aromatic heterocycles. The Morgan fingerprint density at radius 3 is 1.62 bits per heavy atom. The first-order chi connectivity index (χ1) is 12.5. The van der Waals surface area contributed by atoms with Gasteiger partial charge in [0.15, 0.2) is 0 Å². The van der Waals surface area contributed by atoms with Crippen LogP contribution in [0.25, 0.3) is 0 Å². The Labute approximate surface area is 161 Å². The van der Waals surface area contributed by atoms with E-state index in [1.807, 2.05) is 13.8 Å². The van der Waals surface area contributed by atoms with Gasteiger partial charge in [-0.1, -0.05) is 104 Å². The molecular formula is C22H43NO3. The summed E-state index contributed by atoms with van der Waals surface area (Å²) in [6.07, 6.45) is 17.6. The number of nitrogens with two attached hydrogens (primary N) is 1. The average molecular weight is 370 g/mol. The molecule has 0 spiro atoms. The third-order valence-electron chi connectivity index (χ3n) is 5.23. The highest BCUT2D eigenvalue weighted by atomic mass is 16.6. The van der Waals surface area contributed by atoms with Crippen LogP contribution in [0.1, 0.15) is 117 Å². The van der Waals surface area contributed by atoms with Crippen LogP contribution in [0.3, 0.4) is 0 Å². The first-order valence-electron chi connectivity index (χ1n) is 11.0. The fraction of sp³-hybridized carbons (Fsp3) is 0.909. The Hall–Kier alpha value is -0.900. The van der Waals surface area contributed by atoms with Crippen molar-refractivity contribution in [2.75, 3.05) is 0 Å². The minimum atomic E-state index is -0.699. The van der Waals surface area contributed by atoms with E-state index in [1.54, 1.807) is 0 Å². The lowest BCUT2D eigenvalue weighted by Gasteiger charge is -2.15. The fourth-order valence-corrected chi connectivity index (χ4v) is 3.00. The molecule has 154 valence electrons. The molecule has 0 aliphatic rings. The Kier molecular flexibility index (Phi) is 16.9. The molecule has 2 N–H and O–H groups in total. The Morgan fingerprint density at radius 1 is 0.769 bits per heavy atom. The summed E-state index contributed by atoms with van der Waals surface area (Å²) >= 11 is 0. The summed E-state index contributed by atoms with van der Waals surface area (Å²) in [5.74, 6) is -0.984. The van der Waals surface area contributed by atoms with Crippen LogP contribution in [0.5, 0.6) is 0 Å². The van der Waals surface area contributed by atoms with Gasteiger partial charge in [0.05, 0.1) is 0 Å². The maximum atomic E-state index is 11.7. The van der Waals surface area contributed by atoms with Gasteiger partial charge < -0.3 is 10.5 Å². The van der Waals surface area contributed by atoms with Crippen LogP contribution in [0.4, 0.5) is 0 Å². The number of rotatable bonds is 17. The molecule has 4 nitrogen and oxygen atoms in total. The quantitative estimate of drug-likeness (QED) is 0.196. The van der Waals surface area contributed by atoms with Crippen LogP contribution < -0.4 is 5.73 Å². The maximum absolute atomic E-state index is 11.7. The molecule has 0 radical (unpaired) electrons. The lowest BCUT2D eigenvalue weighted by molar-refractivity contribution is -0.161. The van der Waals surface area contributed by atoms with Gasteiger partial charge in [-0.15, -0.1) is 0 Å². The molecular weight excluding hydrogens is 326 g/mol. The van der Waals surface area contributed by atoms with Gasteiger partial charge in [-0.2, -0.15) is 0 Å². The van der Waals surface area contributed by atoms with Crippen molar-refractivity contribution in [3.05, 3.63) is 0 Å². The van der Waals surface area contributed by atoms with Crippen LogP contribution in [-0.2, 0) is 14.3 Å². The van der Waals surface area contributed by atoms with Crippen LogP contribution in [-0.4, -0.2) is 18.0 Å². The smallest absolute Gasteiger partial charge is 0.330 e. The summed E-state index contributed by atoms with van der Waals surface area (Å²) in [7, 11) is 0. The number of esters is 2. The van der Waals surface area contributed by atoms with Crippen LogP contribution >= 0.6 is 0 Å². The molecule has 0 fully saturated rings. The Bertz CT molecular complexity index is 357. The SMILES string of the molecule is CCCCCCCCCCCCCCCC(=O)OC(=O)[C@H](N)[C@H](C)CC. The van der Waals surface area contributed by atoms with Gasteiger partial charge in [-0.05, 0) is 12.3 Å². The molecule has 2 atom stereocenters. The molecule has 0 unspecified atom stereocenters. The molecule has 4 heteroatoms. The van der Waals surface area contributed by atoms with Crippen molar-refractivity contribution in [1.82, 2.24) is 0 Å². The van der Waals surface area contributed by atoms with E-state index in [-0.39, 0.29) is 5.92 Å². The number of ether oxygens (including phenoxy) is 1. The number of hydrogen-bond acceptors (Lipinski definition) is 4. The van der Waals surface area contributed by atoms with Gasteiger partial charge in [0.25, 0.3) is 0 Å². The topological polar surface area (TPSA) is 69.4 Å². The van der Waals surface area contributed by atoms with E-state index < -0.39 is 18.0 Å². The van der Waals surface area contributed by atoms with Crippen molar-refractivity contribution in [2.45, 2.75) is 123 Å². The van der Waals surface area contributed by atoms with Gasteiger partial charge >= 0.3 is 11.9 Å². The molecule has 0 saturated heterocycles. The average Bonchev–Trinajstić information content (AvgIpc) is 2.64. The highest BCUT2D eigenvalue weighted by Gasteiger charge is 2.23. The number of carbonyl (C=O) groups excluding carboxylic acids is 2. The van der Waals surface area contributed by atoms with E-state index in [0.717, 1.165) is 25.7 Å². The second kappa shape index (κ2) is 17.5. The molecule has 0 aromatic carbocycles. The normalized spacial score (nSPS) is 13.4. The van der Waals surface area contributed by atoms with Gasteiger partial charge in [-0.3, -0.25) is 4.79 Å². The highest BCUT2D eigenvalue weighted by molar-refractivity contribution is 5.88. The van der Waals surface area contributed by atoms with Crippen molar-refractivity contribution < 1.29 is 14.3 Å². The number of carbonyl (C=O) groups is 2. The van der Waals surface area contributed by atoms with Gasteiger partial charge in [0.1, 0.15) is 6.04 Å². The van der Waals surface area contributed by atoms with Crippen LogP contribution in [0.15, 0.2) is 0 Å². The van der Waals surface area contributed by atoms with Gasteiger partial charge in [-0.25, -0.2) is 4.79 Å². The Balaban J connectivity index is 3.42. The van der Waals surface area contributed by atoms with Crippen LogP contribution in [0, 0.1) is 5.92 Å². The summed E-state index contributed by atoms with van der Waals surface area (Å²) in [6, 6.07) is -0.699. The summed E-state index contributed by atoms with van der Waals surface area (Å²) in [5, 5.41) is 0. The fourth-order valence-electron chi connectivity index (χ4n) is 3.00. The zero-order chi connectivity index (χ0) is 19.6. The lowest BCUT2D eigenvalue weighted by Crippen LogP contribution is -2.39. The van der Waals surface area contributed by atoms with Crippen molar-refractivity contribution >= 4 is 11.9 Å². The molecule has 0 aliphatic heterocycles. The summed E-state index contributed by atoms with van der Waals surface area (Å²) < 4.78 is 4.84. The predicted molar refractivity (Wildman–Crippen MR) is 109 cm³/mol. The second-order valence-corrected chi connectivity index (χ2v) is 7.70. The third-order valence-corrected chi connectivity index (χ3v) is 5.23. The van der Waals surface area contributed by atoms with Crippen molar-refractivity contribution in [3.63, 3.8) is 0 Å². The van der Waals surface area contributed by atoms with E-state index in [1.165, 1.54) is 64.2 Å².